The fourth-order valence-electron chi connectivity index (χ4n) is 3.73. The fourth-order valence-corrected chi connectivity index (χ4v) is 3.73. The highest BCUT2D eigenvalue weighted by Gasteiger charge is 2.47. The van der Waals surface area contributed by atoms with Gasteiger partial charge < -0.3 is 10.2 Å². The number of rotatable bonds is 1. The number of hydrogen-bond acceptors (Lipinski definition) is 2. The van der Waals surface area contributed by atoms with Gasteiger partial charge in [0, 0.05) is 0 Å². The maximum absolute atomic E-state index is 10.9. The molecule has 2 N–H and O–H groups in total. The summed E-state index contributed by atoms with van der Waals surface area (Å²) in [4.78, 5) is 0. The molecule has 0 aromatic heterocycles. The van der Waals surface area contributed by atoms with E-state index in [1.165, 1.54) is 32.1 Å². The van der Waals surface area contributed by atoms with Gasteiger partial charge in [0.1, 0.15) is 0 Å². The van der Waals surface area contributed by atoms with Crippen molar-refractivity contribution in [3.63, 3.8) is 0 Å². The smallest absolute Gasteiger partial charge is 0.0933 e. The molecule has 0 aromatic carbocycles. The summed E-state index contributed by atoms with van der Waals surface area (Å²) < 4.78 is 0. The molecule has 0 saturated heterocycles. The van der Waals surface area contributed by atoms with E-state index < -0.39 is 11.2 Å². The minimum atomic E-state index is -0.794. The van der Waals surface area contributed by atoms with Crippen molar-refractivity contribution >= 4 is 0 Å². The van der Waals surface area contributed by atoms with Crippen molar-refractivity contribution in [1.82, 2.24) is 0 Å². The second kappa shape index (κ2) is 5.71. The van der Waals surface area contributed by atoms with Gasteiger partial charge in [-0.2, -0.15) is 0 Å². The van der Waals surface area contributed by atoms with E-state index in [0.717, 1.165) is 51.4 Å². The van der Waals surface area contributed by atoms with Crippen LogP contribution in [0.4, 0.5) is 0 Å². The van der Waals surface area contributed by atoms with Crippen LogP contribution in [0.5, 0.6) is 0 Å². The average molecular weight is 240 g/mol. The molecule has 100 valence electrons. The molecular weight excluding hydrogens is 212 g/mol. The summed E-state index contributed by atoms with van der Waals surface area (Å²) in [6.07, 6.45) is 13.7. The van der Waals surface area contributed by atoms with Gasteiger partial charge in [0.15, 0.2) is 0 Å². The Morgan fingerprint density at radius 2 is 0.647 bits per heavy atom. The normalized spacial score (nSPS) is 30.0. The zero-order valence-electron chi connectivity index (χ0n) is 11.1. The lowest BCUT2D eigenvalue weighted by Crippen LogP contribution is -2.54. The third-order valence-corrected chi connectivity index (χ3v) is 4.98. The van der Waals surface area contributed by atoms with Crippen LogP contribution in [0.1, 0.15) is 83.5 Å². The molecule has 0 heterocycles. The Kier molecular flexibility index (Phi) is 4.48. The van der Waals surface area contributed by atoms with Crippen LogP contribution in [0, 0.1) is 0 Å². The van der Waals surface area contributed by atoms with Crippen molar-refractivity contribution in [3.05, 3.63) is 0 Å². The number of hydrogen-bond donors (Lipinski definition) is 2. The van der Waals surface area contributed by atoms with E-state index in [9.17, 15) is 10.2 Å². The summed E-state index contributed by atoms with van der Waals surface area (Å²) >= 11 is 0. The molecule has 0 atom stereocenters. The highest BCUT2D eigenvalue weighted by Crippen LogP contribution is 2.42. The Morgan fingerprint density at radius 3 is 0.941 bits per heavy atom. The van der Waals surface area contributed by atoms with Crippen molar-refractivity contribution in [2.45, 2.75) is 94.7 Å². The summed E-state index contributed by atoms with van der Waals surface area (Å²) in [5.41, 5.74) is -1.58. The summed E-state index contributed by atoms with van der Waals surface area (Å²) in [6.45, 7) is 0. The van der Waals surface area contributed by atoms with Gasteiger partial charge in [0.2, 0.25) is 0 Å². The monoisotopic (exact) mass is 240 g/mol. The minimum Gasteiger partial charge on any atom is -0.387 e. The molecule has 2 rings (SSSR count). The minimum absolute atomic E-state index is 0.791. The molecule has 0 bridgehead atoms. The Balaban J connectivity index is 2.08. The summed E-state index contributed by atoms with van der Waals surface area (Å²) in [5.74, 6) is 0. The molecule has 0 amide bonds. The third-order valence-electron chi connectivity index (χ3n) is 4.98. The second-order valence-electron chi connectivity index (χ2n) is 6.25. The largest absolute Gasteiger partial charge is 0.387 e. The van der Waals surface area contributed by atoms with Crippen LogP contribution >= 0.6 is 0 Å². The van der Waals surface area contributed by atoms with Crippen LogP contribution in [0.3, 0.4) is 0 Å². The maximum Gasteiger partial charge on any atom is 0.0933 e. The molecule has 17 heavy (non-hydrogen) atoms. The van der Waals surface area contributed by atoms with Crippen molar-refractivity contribution in [2.75, 3.05) is 0 Å². The number of aliphatic hydroxyl groups is 2. The van der Waals surface area contributed by atoms with Crippen LogP contribution < -0.4 is 0 Å². The molecule has 2 nitrogen and oxygen atoms in total. The molecular formula is C15H28O2. The van der Waals surface area contributed by atoms with Crippen LogP contribution in [-0.4, -0.2) is 21.4 Å². The van der Waals surface area contributed by atoms with Crippen molar-refractivity contribution in [3.8, 4) is 0 Å². The SMILES string of the molecule is OC1(C2(O)CCCCCC2)CCCCCCC1. The van der Waals surface area contributed by atoms with Crippen molar-refractivity contribution < 1.29 is 10.2 Å². The van der Waals surface area contributed by atoms with Gasteiger partial charge in [-0.3, -0.25) is 0 Å². The standard InChI is InChI=1S/C15H28O2/c16-14(10-6-2-1-3-7-11-14)15(17)12-8-4-5-9-13-15/h16-17H,1-13H2. The maximum atomic E-state index is 10.9. The van der Waals surface area contributed by atoms with Crippen LogP contribution in [-0.2, 0) is 0 Å². The Labute approximate surface area is 105 Å². The lowest BCUT2D eigenvalue weighted by molar-refractivity contribution is -0.169. The average Bonchev–Trinajstić information content (AvgIpc) is 2.50. The first kappa shape index (κ1) is 13.4. The zero-order valence-corrected chi connectivity index (χ0v) is 11.1. The van der Waals surface area contributed by atoms with Crippen molar-refractivity contribution in [1.29, 1.82) is 0 Å². The predicted molar refractivity (Wildman–Crippen MR) is 69.9 cm³/mol. The first-order valence-corrected chi connectivity index (χ1v) is 7.61. The first-order valence-electron chi connectivity index (χ1n) is 7.61. The van der Waals surface area contributed by atoms with E-state index in [-0.39, 0.29) is 0 Å². The van der Waals surface area contributed by atoms with E-state index in [0.29, 0.717) is 0 Å². The summed E-state index contributed by atoms with van der Waals surface area (Å²) in [5, 5.41) is 21.8. The molecule has 2 saturated carbocycles. The van der Waals surface area contributed by atoms with E-state index in [2.05, 4.69) is 0 Å². The quantitative estimate of drug-likeness (QED) is 0.688. The van der Waals surface area contributed by atoms with Gasteiger partial charge >= 0.3 is 0 Å². The molecule has 2 fully saturated rings. The molecule has 2 aliphatic carbocycles. The predicted octanol–water partition coefficient (Wildman–Crippen LogP) is 3.55. The highest BCUT2D eigenvalue weighted by molar-refractivity contribution is 5.00. The first-order chi connectivity index (χ1) is 8.16. The molecule has 0 unspecified atom stereocenters. The van der Waals surface area contributed by atoms with Crippen LogP contribution in [0.15, 0.2) is 0 Å². The van der Waals surface area contributed by atoms with Gasteiger partial charge in [0.05, 0.1) is 11.2 Å². The van der Waals surface area contributed by atoms with Gasteiger partial charge in [0.25, 0.3) is 0 Å². The Morgan fingerprint density at radius 1 is 0.412 bits per heavy atom. The van der Waals surface area contributed by atoms with Crippen molar-refractivity contribution in [2.24, 2.45) is 0 Å². The van der Waals surface area contributed by atoms with E-state index >= 15 is 0 Å². The molecule has 0 spiro atoms. The summed E-state index contributed by atoms with van der Waals surface area (Å²) in [7, 11) is 0. The van der Waals surface area contributed by atoms with Crippen LogP contribution in [0.2, 0.25) is 0 Å². The lowest BCUT2D eigenvalue weighted by Gasteiger charge is -2.44. The van der Waals surface area contributed by atoms with E-state index in [1.54, 1.807) is 0 Å². The molecule has 2 heteroatoms. The van der Waals surface area contributed by atoms with Gasteiger partial charge in [-0.25, -0.2) is 0 Å². The highest BCUT2D eigenvalue weighted by atomic mass is 16.4. The van der Waals surface area contributed by atoms with Gasteiger partial charge in [-0.1, -0.05) is 57.8 Å². The second-order valence-corrected chi connectivity index (χ2v) is 6.25. The topological polar surface area (TPSA) is 40.5 Å². The van der Waals surface area contributed by atoms with Crippen LogP contribution in [0.25, 0.3) is 0 Å². The molecule has 0 aromatic rings. The Bertz CT molecular complexity index is 221. The molecule has 0 radical (unpaired) electrons. The zero-order chi connectivity index (χ0) is 12.2. The lowest BCUT2D eigenvalue weighted by atomic mass is 9.71. The fraction of sp³-hybridized carbons (Fsp3) is 1.00. The summed E-state index contributed by atoms with van der Waals surface area (Å²) in [6, 6.07) is 0. The molecule has 2 aliphatic rings. The van der Waals surface area contributed by atoms with Gasteiger partial charge in [-0.15, -0.1) is 0 Å². The third kappa shape index (κ3) is 3.03. The van der Waals surface area contributed by atoms with E-state index in [1.807, 2.05) is 0 Å². The Hall–Kier alpha value is -0.0800. The molecule has 0 aliphatic heterocycles. The van der Waals surface area contributed by atoms with E-state index in [4.69, 9.17) is 0 Å². The van der Waals surface area contributed by atoms with Gasteiger partial charge in [-0.05, 0) is 25.7 Å².